The number of ether oxygens (including phenoxy) is 3. The molecule has 32 heavy (non-hydrogen) atoms. The molecule has 3 N–H and O–H groups in total. The molecule has 2 fully saturated rings. The van der Waals surface area contributed by atoms with E-state index in [1.54, 1.807) is 5.48 Å². The van der Waals surface area contributed by atoms with Gasteiger partial charge in [0.2, 0.25) is 10.0 Å². The van der Waals surface area contributed by atoms with Gasteiger partial charge in [0.1, 0.15) is 18.1 Å². The Balaban J connectivity index is 1.34. The number of nitrogens with one attached hydrogen (secondary N) is 2. The van der Waals surface area contributed by atoms with E-state index in [9.17, 15) is 18.4 Å². The summed E-state index contributed by atoms with van der Waals surface area (Å²) in [5, 5.41) is 9.62. The molecule has 0 bridgehead atoms. The van der Waals surface area contributed by atoms with Gasteiger partial charge in [-0.3, -0.25) is 10.0 Å². The number of para-hydroxylation sites is 1. The fourth-order valence-electron chi connectivity index (χ4n) is 4.00. The van der Waals surface area contributed by atoms with Crippen LogP contribution in [-0.4, -0.2) is 49.1 Å². The van der Waals surface area contributed by atoms with Gasteiger partial charge < -0.3 is 14.2 Å². The van der Waals surface area contributed by atoms with Crippen molar-refractivity contribution in [3.63, 3.8) is 0 Å². The first kappa shape index (κ1) is 21.2. The lowest BCUT2D eigenvalue weighted by Gasteiger charge is -2.28. The van der Waals surface area contributed by atoms with Crippen LogP contribution in [0, 0.1) is 0 Å². The fourth-order valence-corrected chi connectivity index (χ4v) is 6.22. The van der Waals surface area contributed by atoms with Gasteiger partial charge in [-0.1, -0.05) is 23.5 Å². The zero-order valence-corrected chi connectivity index (χ0v) is 18.2. The number of aromatic nitrogens is 1. The molecule has 2 unspecified atom stereocenters. The van der Waals surface area contributed by atoms with Crippen molar-refractivity contribution in [2.45, 2.75) is 35.5 Å². The Labute approximate surface area is 187 Å². The molecule has 1 saturated carbocycles. The highest BCUT2D eigenvalue weighted by Gasteiger charge is 2.55. The summed E-state index contributed by atoms with van der Waals surface area (Å²) in [5.74, 6) is -0.443. The quantitative estimate of drug-likeness (QED) is 0.363. The third kappa shape index (κ3) is 3.85. The maximum Gasteiger partial charge on any atom is 0.279 e. The van der Waals surface area contributed by atoms with E-state index in [-0.39, 0.29) is 24.5 Å². The number of hydroxylamine groups is 1. The van der Waals surface area contributed by atoms with Crippen LogP contribution in [0.4, 0.5) is 0 Å². The highest BCUT2D eigenvalue weighted by atomic mass is 32.2. The predicted molar refractivity (Wildman–Crippen MR) is 113 cm³/mol. The van der Waals surface area contributed by atoms with E-state index >= 15 is 0 Å². The monoisotopic (exact) mass is 477 g/mol. The van der Waals surface area contributed by atoms with E-state index in [0.29, 0.717) is 10.9 Å². The lowest BCUT2D eigenvalue weighted by Crippen LogP contribution is -2.57. The number of benzene rings is 2. The number of rotatable bonds is 6. The van der Waals surface area contributed by atoms with E-state index in [0.717, 1.165) is 10.2 Å². The fraction of sp³-hybridized carbons (Fsp3) is 0.300. The Kier molecular flexibility index (Phi) is 5.35. The topological polar surface area (TPSA) is 136 Å². The van der Waals surface area contributed by atoms with E-state index in [1.807, 2.05) is 24.3 Å². The third-order valence-electron chi connectivity index (χ3n) is 5.56. The third-order valence-corrected chi connectivity index (χ3v) is 8.02. The van der Waals surface area contributed by atoms with Gasteiger partial charge in [0.15, 0.2) is 0 Å². The summed E-state index contributed by atoms with van der Waals surface area (Å²) in [5.41, 5.74) is 0.789. The van der Waals surface area contributed by atoms with E-state index < -0.39 is 33.7 Å². The molecule has 5 rings (SSSR count). The average Bonchev–Trinajstić information content (AvgIpc) is 3.46. The number of hydrogen-bond acceptors (Lipinski definition) is 9. The number of hydrogen-bond donors (Lipinski definition) is 3. The molecule has 1 aliphatic heterocycles. The molecule has 1 amide bonds. The molecule has 2 heterocycles. The summed E-state index contributed by atoms with van der Waals surface area (Å²) in [6, 6.07) is 13.4. The van der Waals surface area contributed by atoms with Crippen molar-refractivity contribution in [2.75, 3.05) is 6.79 Å². The molecule has 0 radical (unpaired) electrons. The molecule has 2 aromatic carbocycles. The number of sulfonamides is 1. The van der Waals surface area contributed by atoms with E-state index in [2.05, 4.69) is 9.71 Å². The SMILES string of the molecule is O=C(NO)C1(NS(=O)(=O)c2ccc(Oc3nc4ccccc4s3)cc2)CC2OCOC2C1. The van der Waals surface area contributed by atoms with E-state index in [4.69, 9.17) is 14.2 Å². The number of fused-ring (bicyclic) bond motifs is 2. The lowest BCUT2D eigenvalue weighted by molar-refractivity contribution is -0.136. The number of carbonyl (C=O) groups is 1. The Morgan fingerprint density at radius 3 is 2.47 bits per heavy atom. The summed E-state index contributed by atoms with van der Waals surface area (Å²) in [6.45, 7) is 0.0923. The van der Waals surface area contributed by atoms with Crippen molar-refractivity contribution in [2.24, 2.45) is 0 Å². The zero-order valence-electron chi connectivity index (χ0n) is 16.6. The Morgan fingerprint density at radius 2 is 1.81 bits per heavy atom. The van der Waals surface area contributed by atoms with Gasteiger partial charge in [0.05, 0.1) is 27.3 Å². The van der Waals surface area contributed by atoms with Gasteiger partial charge in [0, 0.05) is 12.8 Å². The highest BCUT2D eigenvalue weighted by Crippen LogP contribution is 2.39. The van der Waals surface area contributed by atoms with Crippen LogP contribution in [0.3, 0.4) is 0 Å². The van der Waals surface area contributed by atoms with Crippen LogP contribution in [0.25, 0.3) is 10.2 Å². The largest absolute Gasteiger partial charge is 0.431 e. The maximum atomic E-state index is 13.0. The number of thiazole rings is 1. The minimum atomic E-state index is -4.10. The van der Waals surface area contributed by atoms with Gasteiger partial charge in [-0.15, -0.1) is 0 Å². The molecule has 2 atom stereocenters. The average molecular weight is 478 g/mol. The molecule has 2 aliphatic rings. The van der Waals surface area contributed by atoms with Crippen molar-refractivity contribution in [1.82, 2.24) is 15.2 Å². The summed E-state index contributed by atoms with van der Waals surface area (Å²) < 4.78 is 46.0. The van der Waals surface area contributed by atoms with Gasteiger partial charge in [-0.25, -0.2) is 18.9 Å². The van der Waals surface area contributed by atoms with Crippen LogP contribution >= 0.6 is 11.3 Å². The van der Waals surface area contributed by atoms with Crippen molar-refractivity contribution in [3.8, 4) is 10.9 Å². The Bertz CT molecular complexity index is 1210. The predicted octanol–water partition coefficient (Wildman–Crippen LogP) is 2.15. The highest BCUT2D eigenvalue weighted by molar-refractivity contribution is 7.89. The first-order chi connectivity index (χ1) is 15.4. The molecule has 0 spiro atoms. The van der Waals surface area contributed by atoms with Crippen LogP contribution < -0.4 is 14.9 Å². The molecule has 3 aromatic rings. The summed E-state index contributed by atoms with van der Waals surface area (Å²) in [4.78, 5) is 16.7. The summed E-state index contributed by atoms with van der Waals surface area (Å²) in [6.07, 6.45) is -0.774. The van der Waals surface area contributed by atoms with Crippen LogP contribution in [-0.2, 0) is 24.3 Å². The first-order valence-electron chi connectivity index (χ1n) is 9.74. The zero-order chi connectivity index (χ0) is 22.3. The van der Waals surface area contributed by atoms with Crippen molar-refractivity contribution >= 4 is 37.5 Å². The maximum absolute atomic E-state index is 13.0. The van der Waals surface area contributed by atoms with Gasteiger partial charge in [-0.05, 0) is 36.4 Å². The normalized spacial score (nSPS) is 25.0. The van der Waals surface area contributed by atoms with Crippen molar-refractivity contribution in [3.05, 3.63) is 48.5 Å². The molecular formula is C20H19N3O7S2. The summed E-state index contributed by atoms with van der Waals surface area (Å²) >= 11 is 1.38. The lowest BCUT2D eigenvalue weighted by atomic mass is 9.98. The smallest absolute Gasteiger partial charge is 0.279 e. The van der Waals surface area contributed by atoms with Crippen LogP contribution in [0.1, 0.15) is 12.8 Å². The minimum absolute atomic E-state index is 0.0437. The van der Waals surface area contributed by atoms with Crippen LogP contribution in [0.2, 0.25) is 0 Å². The van der Waals surface area contributed by atoms with Crippen molar-refractivity contribution < 1.29 is 32.6 Å². The molecule has 1 aliphatic carbocycles. The second-order valence-electron chi connectivity index (χ2n) is 7.59. The number of amides is 1. The standard InChI is InChI=1S/C20H19N3O7S2/c24-18(22-25)20(9-15-16(10-20)29-11-28-15)23-32(26,27)13-7-5-12(6-8-13)30-19-21-14-3-1-2-4-17(14)31-19/h1-8,15-16,23,25H,9-11H2,(H,22,24). The number of carbonyl (C=O) groups excluding carboxylic acids is 1. The molecule has 1 aromatic heterocycles. The van der Waals surface area contributed by atoms with Crippen LogP contribution in [0.5, 0.6) is 10.9 Å². The Morgan fingerprint density at radius 1 is 1.12 bits per heavy atom. The van der Waals surface area contributed by atoms with Gasteiger partial charge in [-0.2, -0.15) is 4.72 Å². The van der Waals surface area contributed by atoms with Gasteiger partial charge >= 0.3 is 0 Å². The summed E-state index contributed by atoms with van der Waals surface area (Å²) in [7, 11) is -4.10. The Hall–Kier alpha value is -2.61. The van der Waals surface area contributed by atoms with Crippen molar-refractivity contribution in [1.29, 1.82) is 0 Å². The molecule has 168 valence electrons. The minimum Gasteiger partial charge on any atom is -0.431 e. The molecule has 12 heteroatoms. The molecule has 1 saturated heterocycles. The van der Waals surface area contributed by atoms with E-state index in [1.165, 1.54) is 35.6 Å². The second-order valence-corrected chi connectivity index (χ2v) is 10.3. The molecule has 10 nitrogen and oxygen atoms in total. The molecular weight excluding hydrogens is 458 g/mol. The van der Waals surface area contributed by atoms with Gasteiger partial charge in [0.25, 0.3) is 11.1 Å². The second kappa shape index (κ2) is 8.06. The number of nitrogens with zero attached hydrogens (tertiary/aromatic N) is 1. The first-order valence-corrected chi connectivity index (χ1v) is 12.0. The van der Waals surface area contributed by atoms with Crippen LogP contribution in [0.15, 0.2) is 53.4 Å².